The molecule has 34 heavy (non-hydrogen) atoms. The van der Waals surface area contributed by atoms with Crippen LogP contribution in [-0.2, 0) is 0 Å². The lowest BCUT2D eigenvalue weighted by molar-refractivity contribution is 0.134. The monoisotopic (exact) mass is 485 g/mol. The molecule has 3 aromatic carbocycles. The Kier molecular flexibility index (Phi) is 10.3. The number of nitrogens with one attached hydrogen (secondary N) is 1. The number of halogens is 3. The molecule has 6 heteroatoms. The van der Waals surface area contributed by atoms with E-state index in [1.54, 1.807) is 0 Å². The van der Waals surface area contributed by atoms with E-state index in [9.17, 15) is 8.78 Å². The largest absolute Gasteiger partial charge is 0.384 e. The maximum Gasteiger partial charge on any atom is 0.123 e. The van der Waals surface area contributed by atoms with Crippen LogP contribution in [0.5, 0.6) is 0 Å². The number of rotatable bonds is 10. The van der Waals surface area contributed by atoms with E-state index in [2.05, 4.69) is 39.4 Å². The molecule has 0 unspecified atom stereocenters. The molecule has 1 aliphatic rings. The Hall–Kier alpha value is -2.47. The predicted octanol–water partition coefficient (Wildman–Crippen LogP) is 6.03. The molecule has 0 atom stereocenters. The van der Waals surface area contributed by atoms with E-state index in [-0.39, 0.29) is 30.0 Å². The van der Waals surface area contributed by atoms with Gasteiger partial charge in [0.2, 0.25) is 0 Å². The van der Waals surface area contributed by atoms with Crippen LogP contribution in [0.25, 0.3) is 0 Å². The van der Waals surface area contributed by atoms with Crippen molar-refractivity contribution in [1.82, 2.24) is 9.80 Å². The van der Waals surface area contributed by atoms with E-state index in [0.717, 1.165) is 69.8 Å². The summed E-state index contributed by atoms with van der Waals surface area (Å²) in [5.74, 6) is -0.307. The first-order valence-electron chi connectivity index (χ1n) is 11.9. The van der Waals surface area contributed by atoms with Crippen LogP contribution >= 0.6 is 12.4 Å². The molecule has 3 nitrogen and oxygen atoms in total. The Balaban J connectivity index is 0.00000324. The first-order chi connectivity index (χ1) is 16.2. The number of anilines is 1. The maximum atomic E-state index is 13.4. The number of para-hydroxylation sites is 1. The highest BCUT2D eigenvalue weighted by Gasteiger charge is 2.18. The van der Waals surface area contributed by atoms with Crippen LogP contribution in [0.4, 0.5) is 14.5 Å². The topological polar surface area (TPSA) is 18.5 Å². The average molecular weight is 486 g/mol. The van der Waals surface area contributed by atoms with Gasteiger partial charge in [-0.2, -0.15) is 0 Å². The minimum absolute atomic E-state index is 0. The fourth-order valence-corrected chi connectivity index (χ4v) is 4.59. The van der Waals surface area contributed by atoms with Crippen molar-refractivity contribution in [2.45, 2.75) is 18.8 Å². The molecule has 1 fully saturated rings. The summed E-state index contributed by atoms with van der Waals surface area (Å²) in [6, 6.07) is 23.8. The number of hydrogen-bond acceptors (Lipinski definition) is 3. The van der Waals surface area contributed by atoms with Gasteiger partial charge in [0, 0.05) is 50.9 Å². The summed E-state index contributed by atoms with van der Waals surface area (Å²) in [5.41, 5.74) is 3.34. The summed E-state index contributed by atoms with van der Waals surface area (Å²) in [6.07, 6.45) is 2.01. The fourth-order valence-electron chi connectivity index (χ4n) is 4.59. The first-order valence-corrected chi connectivity index (χ1v) is 11.9. The van der Waals surface area contributed by atoms with E-state index >= 15 is 0 Å². The SMILES string of the molecule is Cl.Fc1ccc(C(CCCN2CCN(CCNc3ccccc3)CC2)c2ccc(F)cc2)cc1. The number of hydrogen-bond donors (Lipinski definition) is 1. The molecule has 3 aromatic rings. The zero-order valence-electron chi connectivity index (χ0n) is 19.5. The van der Waals surface area contributed by atoms with Crippen molar-refractivity contribution in [2.24, 2.45) is 0 Å². The molecule has 1 heterocycles. The van der Waals surface area contributed by atoms with Gasteiger partial charge in [-0.15, -0.1) is 12.4 Å². The molecule has 4 rings (SSSR count). The van der Waals surface area contributed by atoms with Crippen LogP contribution in [-0.4, -0.2) is 55.6 Å². The van der Waals surface area contributed by atoms with Gasteiger partial charge in [-0.1, -0.05) is 42.5 Å². The number of piperazine rings is 1. The third-order valence-electron chi connectivity index (χ3n) is 6.51. The van der Waals surface area contributed by atoms with Crippen molar-refractivity contribution in [3.8, 4) is 0 Å². The second kappa shape index (κ2) is 13.4. The third kappa shape index (κ3) is 7.79. The van der Waals surface area contributed by atoms with Gasteiger partial charge >= 0.3 is 0 Å². The zero-order chi connectivity index (χ0) is 22.9. The average Bonchev–Trinajstić information content (AvgIpc) is 2.85. The summed E-state index contributed by atoms with van der Waals surface area (Å²) in [4.78, 5) is 5.06. The highest BCUT2D eigenvalue weighted by Crippen LogP contribution is 2.30. The van der Waals surface area contributed by atoms with Gasteiger partial charge in [0.15, 0.2) is 0 Å². The molecular formula is C28H34ClF2N3. The van der Waals surface area contributed by atoms with E-state index in [1.807, 2.05) is 30.3 Å². The second-order valence-electron chi connectivity index (χ2n) is 8.77. The summed E-state index contributed by atoms with van der Waals surface area (Å²) in [6.45, 7) is 7.42. The molecule has 0 aliphatic carbocycles. The lowest BCUT2D eigenvalue weighted by Crippen LogP contribution is -2.47. The summed E-state index contributed by atoms with van der Waals surface area (Å²) >= 11 is 0. The van der Waals surface area contributed by atoms with Gasteiger partial charge in [0.05, 0.1) is 0 Å². The molecule has 0 saturated carbocycles. The normalized spacial score (nSPS) is 14.7. The molecule has 1 saturated heterocycles. The highest BCUT2D eigenvalue weighted by molar-refractivity contribution is 5.85. The lowest BCUT2D eigenvalue weighted by Gasteiger charge is -2.35. The Bertz CT molecular complexity index is 914. The Morgan fingerprint density at radius 1 is 0.676 bits per heavy atom. The van der Waals surface area contributed by atoms with Gasteiger partial charge in [0.25, 0.3) is 0 Å². The maximum absolute atomic E-state index is 13.4. The molecule has 0 spiro atoms. The van der Waals surface area contributed by atoms with Gasteiger partial charge in [0.1, 0.15) is 11.6 Å². The standard InChI is InChI=1S/C28H33F2N3.ClH/c29-25-12-8-23(9-13-25)28(24-10-14-26(30)15-11-24)7-4-17-32-19-21-33(22-20-32)18-16-31-27-5-2-1-3-6-27;/h1-3,5-6,8-15,28,31H,4,7,16-22H2;1H. The lowest BCUT2D eigenvalue weighted by atomic mass is 9.87. The van der Waals surface area contributed by atoms with E-state index in [1.165, 1.54) is 30.0 Å². The van der Waals surface area contributed by atoms with Gasteiger partial charge in [-0.05, 0) is 66.9 Å². The van der Waals surface area contributed by atoms with Crippen LogP contribution in [0.3, 0.4) is 0 Å². The Labute approximate surface area is 208 Å². The number of benzene rings is 3. The smallest absolute Gasteiger partial charge is 0.123 e. The third-order valence-corrected chi connectivity index (χ3v) is 6.51. The molecule has 0 aromatic heterocycles. The van der Waals surface area contributed by atoms with Crippen LogP contribution < -0.4 is 5.32 Å². The van der Waals surface area contributed by atoms with Crippen molar-refractivity contribution in [2.75, 3.05) is 51.1 Å². The summed E-state index contributed by atoms with van der Waals surface area (Å²) in [5, 5.41) is 3.49. The molecule has 1 aliphatic heterocycles. The molecule has 0 bridgehead atoms. The van der Waals surface area contributed by atoms with Crippen molar-refractivity contribution < 1.29 is 8.78 Å². The molecule has 182 valence electrons. The van der Waals surface area contributed by atoms with Crippen molar-refractivity contribution in [3.05, 3.63) is 102 Å². The molecular weight excluding hydrogens is 452 g/mol. The fraction of sp³-hybridized carbons (Fsp3) is 0.357. The predicted molar refractivity (Wildman–Crippen MR) is 139 cm³/mol. The first kappa shape index (κ1) is 26.1. The van der Waals surface area contributed by atoms with Crippen molar-refractivity contribution in [3.63, 3.8) is 0 Å². The highest BCUT2D eigenvalue weighted by atomic mass is 35.5. The van der Waals surface area contributed by atoms with Gasteiger partial charge in [-0.3, -0.25) is 4.90 Å². The van der Waals surface area contributed by atoms with Crippen molar-refractivity contribution >= 4 is 18.1 Å². The van der Waals surface area contributed by atoms with E-state index < -0.39 is 0 Å². The van der Waals surface area contributed by atoms with Crippen LogP contribution in [0, 0.1) is 11.6 Å². The Morgan fingerprint density at radius 3 is 1.71 bits per heavy atom. The Morgan fingerprint density at radius 2 is 1.18 bits per heavy atom. The minimum atomic E-state index is -0.228. The molecule has 1 N–H and O–H groups in total. The minimum Gasteiger partial charge on any atom is -0.384 e. The molecule has 0 amide bonds. The van der Waals surface area contributed by atoms with Crippen molar-refractivity contribution in [1.29, 1.82) is 0 Å². The van der Waals surface area contributed by atoms with Crippen LogP contribution in [0.2, 0.25) is 0 Å². The van der Waals surface area contributed by atoms with E-state index in [4.69, 9.17) is 0 Å². The second-order valence-corrected chi connectivity index (χ2v) is 8.77. The van der Waals surface area contributed by atoms with E-state index in [0.29, 0.717) is 0 Å². The van der Waals surface area contributed by atoms with Gasteiger partial charge < -0.3 is 10.2 Å². The summed E-state index contributed by atoms with van der Waals surface area (Å²) in [7, 11) is 0. The summed E-state index contributed by atoms with van der Waals surface area (Å²) < 4.78 is 26.9. The van der Waals surface area contributed by atoms with Crippen LogP contribution in [0.1, 0.15) is 29.9 Å². The van der Waals surface area contributed by atoms with Gasteiger partial charge in [-0.25, -0.2) is 8.78 Å². The van der Waals surface area contributed by atoms with Crippen LogP contribution in [0.15, 0.2) is 78.9 Å². The number of nitrogens with zero attached hydrogens (tertiary/aromatic N) is 2. The zero-order valence-corrected chi connectivity index (χ0v) is 20.3. The quantitative estimate of drug-likeness (QED) is 0.378. The molecule has 0 radical (unpaired) electrons.